The maximum Gasteiger partial charge on any atom is 0.238 e. The molecule has 4 rings (SSSR count). The van der Waals surface area contributed by atoms with E-state index in [1.165, 1.54) is 22.2 Å². The Labute approximate surface area is 172 Å². The first-order valence-corrected chi connectivity index (χ1v) is 10.9. The van der Waals surface area contributed by atoms with Gasteiger partial charge in [0.15, 0.2) is 0 Å². The minimum atomic E-state index is -0.137. The number of fused-ring (bicyclic) bond motifs is 1. The summed E-state index contributed by atoms with van der Waals surface area (Å²) in [4.78, 5) is 28.9. The van der Waals surface area contributed by atoms with Crippen molar-refractivity contribution < 1.29 is 9.59 Å². The molecule has 2 aromatic heterocycles. The van der Waals surface area contributed by atoms with E-state index in [2.05, 4.69) is 44.5 Å². The molecule has 0 fully saturated rings. The molecule has 0 saturated heterocycles. The molecular weight excluding hydrogens is 390 g/mol. The number of nitrogens with one attached hydrogen (secondary N) is 2. The normalized spacial score (nSPS) is 16.4. The van der Waals surface area contributed by atoms with E-state index >= 15 is 0 Å². The van der Waals surface area contributed by atoms with Gasteiger partial charge in [-0.25, -0.2) is 0 Å². The topological polar surface area (TPSA) is 61.4 Å². The highest BCUT2D eigenvalue weighted by Crippen LogP contribution is 2.39. The van der Waals surface area contributed by atoms with Crippen molar-refractivity contribution in [1.82, 2.24) is 4.90 Å². The molecule has 0 saturated carbocycles. The molecule has 0 bridgehead atoms. The monoisotopic (exact) mass is 411 g/mol. The number of carbonyl (C=O) groups is 2. The zero-order valence-electron chi connectivity index (χ0n) is 15.5. The summed E-state index contributed by atoms with van der Waals surface area (Å²) >= 11 is 3.53. The zero-order chi connectivity index (χ0) is 19.5. The van der Waals surface area contributed by atoms with Crippen molar-refractivity contribution in [2.24, 2.45) is 0 Å². The van der Waals surface area contributed by atoms with Crippen molar-refractivity contribution in [3.63, 3.8) is 0 Å². The number of benzene rings is 1. The summed E-state index contributed by atoms with van der Waals surface area (Å²) in [6, 6.07) is 13.7. The summed E-state index contributed by atoms with van der Waals surface area (Å²) in [6.07, 6.45) is 0.972. The Morgan fingerprint density at radius 1 is 1.07 bits per heavy atom. The van der Waals surface area contributed by atoms with Crippen LogP contribution in [0, 0.1) is 0 Å². The van der Waals surface area contributed by atoms with Gasteiger partial charge in [0.1, 0.15) is 0 Å². The van der Waals surface area contributed by atoms with E-state index in [-0.39, 0.29) is 17.9 Å². The first-order chi connectivity index (χ1) is 13.6. The van der Waals surface area contributed by atoms with Gasteiger partial charge < -0.3 is 10.6 Å². The predicted molar refractivity (Wildman–Crippen MR) is 115 cm³/mol. The highest BCUT2D eigenvalue weighted by atomic mass is 32.1. The second-order valence-electron chi connectivity index (χ2n) is 6.75. The molecule has 3 heterocycles. The van der Waals surface area contributed by atoms with Gasteiger partial charge in [-0.15, -0.1) is 22.7 Å². The molecule has 2 amide bonds. The Balaban J connectivity index is 1.49. The van der Waals surface area contributed by atoms with Crippen LogP contribution in [-0.2, 0) is 16.0 Å². The fraction of sp³-hybridized carbons (Fsp3) is 0.238. The smallest absolute Gasteiger partial charge is 0.238 e. The van der Waals surface area contributed by atoms with Crippen LogP contribution in [0.2, 0.25) is 0 Å². The van der Waals surface area contributed by atoms with Gasteiger partial charge in [-0.1, -0.05) is 12.1 Å². The minimum absolute atomic E-state index is 0.0554. The largest absolute Gasteiger partial charge is 0.326 e. The van der Waals surface area contributed by atoms with Crippen molar-refractivity contribution in [3.05, 3.63) is 68.5 Å². The molecule has 1 unspecified atom stereocenters. The second-order valence-corrected chi connectivity index (χ2v) is 8.73. The summed E-state index contributed by atoms with van der Waals surface area (Å²) < 4.78 is 0. The average Bonchev–Trinajstić information content (AvgIpc) is 3.33. The first kappa shape index (κ1) is 18.9. The Hall–Kier alpha value is -2.48. The van der Waals surface area contributed by atoms with E-state index in [1.807, 2.05) is 12.1 Å². The third kappa shape index (κ3) is 4.16. The maximum absolute atomic E-state index is 12.7. The summed E-state index contributed by atoms with van der Waals surface area (Å²) in [7, 11) is 0. The Morgan fingerprint density at radius 3 is 2.64 bits per heavy atom. The third-order valence-corrected chi connectivity index (χ3v) is 6.61. The van der Waals surface area contributed by atoms with Gasteiger partial charge in [-0.3, -0.25) is 14.5 Å². The van der Waals surface area contributed by atoms with Crippen LogP contribution in [0.15, 0.2) is 53.2 Å². The summed E-state index contributed by atoms with van der Waals surface area (Å²) in [5, 5.41) is 9.92. The molecule has 0 aliphatic carbocycles. The fourth-order valence-electron chi connectivity index (χ4n) is 3.58. The molecule has 1 aliphatic rings. The van der Waals surface area contributed by atoms with E-state index in [0.29, 0.717) is 17.9 Å². The molecule has 1 aromatic carbocycles. The van der Waals surface area contributed by atoms with Crippen LogP contribution < -0.4 is 10.6 Å². The van der Waals surface area contributed by atoms with Crippen LogP contribution >= 0.6 is 22.7 Å². The van der Waals surface area contributed by atoms with Crippen LogP contribution in [0.1, 0.15) is 28.3 Å². The van der Waals surface area contributed by atoms with Crippen molar-refractivity contribution in [3.8, 4) is 0 Å². The van der Waals surface area contributed by atoms with Crippen molar-refractivity contribution in [2.45, 2.75) is 19.4 Å². The Morgan fingerprint density at radius 2 is 1.89 bits per heavy atom. The lowest BCUT2D eigenvalue weighted by Gasteiger charge is -2.34. The van der Waals surface area contributed by atoms with Crippen LogP contribution in [-0.4, -0.2) is 29.8 Å². The van der Waals surface area contributed by atoms with E-state index in [0.717, 1.165) is 13.0 Å². The van der Waals surface area contributed by atoms with Crippen LogP contribution in [0.5, 0.6) is 0 Å². The lowest BCUT2D eigenvalue weighted by Crippen LogP contribution is -2.40. The molecule has 1 aliphatic heterocycles. The van der Waals surface area contributed by atoms with Gasteiger partial charge in [0.05, 0.1) is 12.6 Å². The van der Waals surface area contributed by atoms with Crippen molar-refractivity contribution >= 4 is 45.9 Å². The highest BCUT2D eigenvalue weighted by molar-refractivity contribution is 7.10. The van der Waals surface area contributed by atoms with Gasteiger partial charge in [0.25, 0.3) is 0 Å². The molecule has 28 heavy (non-hydrogen) atoms. The summed E-state index contributed by atoms with van der Waals surface area (Å²) in [5.41, 5.74) is 2.67. The van der Waals surface area contributed by atoms with E-state index in [9.17, 15) is 9.59 Å². The molecule has 3 aromatic rings. The standard InChI is InChI=1S/C21H21N3O2S2/c1-14(25)22-15-4-2-5-16(12-15)23-20(26)13-24-9-7-18-17(8-11-28-18)21(24)19-6-3-10-27-19/h2-6,8,10-12,21H,7,9,13H2,1H3,(H,22,25)(H,23,26). The third-order valence-electron chi connectivity index (χ3n) is 4.69. The van der Waals surface area contributed by atoms with E-state index in [4.69, 9.17) is 0 Å². The van der Waals surface area contributed by atoms with Gasteiger partial charge in [0, 0.05) is 34.6 Å². The Kier molecular flexibility index (Phi) is 5.57. The van der Waals surface area contributed by atoms with E-state index < -0.39 is 0 Å². The second kappa shape index (κ2) is 8.26. The number of thiophene rings is 2. The number of amides is 2. The molecule has 0 spiro atoms. The lowest BCUT2D eigenvalue weighted by atomic mass is 9.98. The van der Waals surface area contributed by atoms with E-state index in [1.54, 1.807) is 34.8 Å². The number of anilines is 2. The number of hydrogen-bond donors (Lipinski definition) is 2. The number of rotatable bonds is 5. The number of hydrogen-bond acceptors (Lipinski definition) is 5. The highest BCUT2D eigenvalue weighted by Gasteiger charge is 2.31. The Bertz CT molecular complexity index is 981. The quantitative estimate of drug-likeness (QED) is 0.656. The molecule has 5 nitrogen and oxygen atoms in total. The number of carbonyl (C=O) groups excluding carboxylic acids is 2. The first-order valence-electron chi connectivity index (χ1n) is 9.11. The zero-order valence-corrected chi connectivity index (χ0v) is 17.1. The van der Waals surface area contributed by atoms with Crippen molar-refractivity contribution in [1.29, 1.82) is 0 Å². The predicted octanol–water partition coefficient (Wildman–Crippen LogP) is 4.35. The van der Waals surface area contributed by atoms with Crippen LogP contribution in [0.3, 0.4) is 0 Å². The van der Waals surface area contributed by atoms with Crippen molar-refractivity contribution in [2.75, 3.05) is 23.7 Å². The van der Waals surface area contributed by atoms with Crippen LogP contribution in [0.4, 0.5) is 11.4 Å². The van der Waals surface area contributed by atoms with Crippen LogP contribution in [0.25, 0.3) is 0 Å². The summed E-state index contributed by atoms with van der Waals surface area (Å²) in [6.45, 7) is 2.64. The molecule has 7 heteroatoms. The SMILES string of the molecule is CC(=O)Nc1cccc(NC(=O)CN2CCc3sccc3C2c2cccs2)c1. The van der Waals surface area contributed by atoms with Gasteiger partial charge in [0.2, 0.25) is 11.8 Å². The molecular formula is C21H21N3O2S2. The van der Waals surface area contributed by atoms with Gasteiger partial charge in [-0.05, 0) is 53.1 Å². The maximum atomic E-state index is 12.7. The summed E-state index contributed by atoms with van der Waals surface area (Å²) in [5.74, 6) is -0.192. The molecule has 0 radical (unpaired) electrons. The van der Waals surface area contributed by atoms with Gasteiger partial charge >= 0.3 is 0 Å². The fourth-order valence-corrected chi connectivity index (χ4v) is 5.36. The molecule has 144 valence electrons. The van der Waals surface area contributed by atoms with Gasteiger partial charge in [-0.2, -0.15) is 0 Å². The lowest BCUT2D eigenvalue weighted by molar-refractivity contribution is -0.117. The minimum Gasteiger partial charge on any atom is -0.326 e. The molecule has 1 atom stereocenters. The average molecular weight is 412 g/mol. The number of nitrogens with zero attached hydrogens (tertiary/aromatic N) is 1. The molecule has 2 N–H and O–H groups in total.